The van der Waals surface area contributed by atoms with E-state index in [0.717, 1.165) is 25.7 Å². The maximum Gasteiger partial charge on any atom is 0.220 e. The van der Waals surface area contributed by atoms with Gasteiger partial charge in [0.05, 0.1) is 18.8 Å². The molecule has 0 radical (unpaired) electrons. The lowest BCUT2D eigenvalue weighted by atomic mass is 10.0. The molecule has 0 aliphatic heterocycles. The standard InChI is InChI=1S/C36H67NO3/c1-3-5-7-9-11-13-14-15-16-17-18-19-20-21-22-24-26-28-30-32-36(40)37-34(33-38)35(39)31-29-27-25-23-12-10-8-6-4-2/h11,13-15,29,31,34-35,38-39H,3-10,12,16-28,30,32-33H2,1-2H3,(H,37,40)/b13-11-,15-14-,31-29+. The van der Waals surface area contributed by atoms with Crippen molar-refractivity contribution in [3.05, 3.63) is 36.5 Å². The first-order valence-corrected chi connectivity index (χ1v) is 17.2. The van der Waals surface area contributed by atoms with E-state index < -0.39 is 12.1 Å². The van der Waals surface area contributed by atoms with Gasteiger partial charge in [-0.15, -0.1) is 0 Å². The lowest BCUT2D eigenvalue weighted by Crippen LogP contribution is -2.45. The van der Waals surface area contributed by atoms with E-state index in [1.165, 1.54) is 122 Å². The fraction of sp³-hybridized carbons (Fsp3) is 0.806. The monoisotopic (exact) mass is 562 g/mol. The molecule has 0 spiro atoms. The van der Waals surface area contributed by atoms with Gasteiger partial charge in [0, 0.05) is 6.42 Å². The van der Waals surface area contributed by atoms with Crippen LogP contribution < -0.4 is 5.32 Å². The molecule has 0 fully saturated rings. The van der Waals surface area contributed by atoms with Crippen molar-refractivity contribution in [1.82, 2.24) is 5.32 Å². The van der Waals surface area contributed by atoms with Crippen molar-refractivity contribution in [3.8, 4) is 0 Å². The number of carbonyl (C=O) groups is 1. The van der Waals surface area contributed by atoms with Crippen molar-refractivity contribution in [1.29, 1.82) is 0 Å². The highest BCUT2D eigenvalue weighted by atomic mass is 16.3. The van der Waals surface area contributed by atoms with Gasteiger partial charge in [0.1, 0.15) is 0 Å². The number of rotatable bonds is 30. The van der Waals surface area contributed by atoms with Crippen LogP contribution in [0, 0.1) is 0 Å². The average molecular weight is 562 g/mol. The summed E-state index contributed by atoms with van der Waals surface area (Å²) >= 11 is 0. The molecule has 234 valence electrons. The lowest BCUT2D eigenvalue weighted by molar-refractivity contribution is -0.123. The second kappa shape index (κ2) is 32.1. The molecule has 1 amide bonds. The highest BCUT2D eigenvalue weighted by molar-refractivity contribution is 5.76. The van der Waals surface area contributed by atoms with Crippen LogP contribution in [0.4, 0.5) is 0 Å². The third-order valence-electron chi connectivity index (χ3n) is 7.65. The molecule has 2 unspecified atom stereocenters. The molecule has 3 N–H and O–H groups in total. The SMILES string of the molecule is CCCCC/C=C\C=C/CCCCCCCCCCCCC(=O)NC(CO)C(O)/C=C/CCCCCCCCC. The molecule has 0 aromatic carbocycles. The zero-order chi connectivity index (χ0) is 29.4. The number of aliphatic hydroxyl groups is 2. The van der Waals surface area contributed by atoms with E-state index in [4.69, 9.17) is 0 Å². The fourth-order valence-corrected chi connectivity index (χ4v) is 4.93. The quantitative estimate of drug-likeness (QED) is 0.0464. The van der Waals surface area contributed by atoms with Crippen LogP contribution in [0.3, 0.4) is 0 Å². The topological polar surface area (TPSA) is 69.6 Å². The van der Waals surface area contributed by atoms with E-state index in [-0.39, 0.29) is 12.5 Å². The molecule has 0 aliphatic rings. The van der Waals surface area contributed by atoms with Crippen LogP contribution in [0.5, 0.6) is 0 Å². The number of unbranched alkanes of at least 4 members (excludes halogenated alkanes) is 20. The Balaban J connectivity index is 3.60. The number of nitrogens with one attached hydrogen (secondary N) is 1. The highest BCUT2D eigenvalue weighted by Gasteiger charge is 2.17. The van der Waals surface area contributed by atoms with Crippen molar-refractivity contribution in [2.45, 2.75) is 180 Å². The first-order chi connectivity index (χ1) is 19.7. The number of aliphatic hydroxyl groups excluding tert-OH is 2. The van der Waals surface area contributed by atoms with Gasteiger partial charge in [-0.25, -0.2) is 0 Å². The predicted octanol–water partition coefficient (Wildman–Crippen LogP) is 9.90. The van der Waals surface area contributed by atoms with Crippen molar-refractivity contribution >= 4 is 5.91 Å². The van der Waals surface area contributed by atoms with E-state index in [9.17, 15) is 15.0 Å². The third kappa shape index (κ3) is 28.1. The van der Waals surface area contributed by atoms with Crippen LogP contribution in [0.15, 0.2) is 36.5 Å². The molecular weight excluding hydrogens is 494 g/mol. The highest BCUT2D eigenvalue weighted by Crippen LogP contribution is 2.13. The van der Waals surface area contributed by atoms with Gasteiger partial charge in [0.15, 0.2) is 0 Å². The Labute approximate surface area is 249 Å². The summed E-state index contributed by atoms with van der Waals surface area (Å²) in [7, 11) is 0. The van der Waals surface area contributed by atoms with Gasteiger partial charge in [-0.1, -0.05) is 153 Å². The minimum atomic E-state index is -0.836. The molecule has 4 heteroatoms. The van der Waals surface area contributed by atoms with Gasteiger partial charge in [-0.05, 0) is 44.9 Å². The summed E-state index contributed by atoms with van der Waals surface area (Å²) in [4.78, 5) is 12.3. The van der Waals surface area contributed by atoms with E-state index in [1.807, 2.05) is 6.08 Å². The normalized spacial score (nSPS) is 13.6. The zero-order valence-electron chi connectivity index (χ0n) is 26.6. The van der Waals surface area contributed by atoms with E-state index >= 15 is 0 Å². The van der Waals surface area contributed by atoms with Gasteiger partial charge < -0.3 is 15.5 Å². The molecule has 0 heterocycles. The first kappa shape index (κ1) is 38.6. The van der Waals surface area contributed by atoms with Crippen LogP contribution in [0.25, 0.3) is 0 Å². The molecule has 0 aromatic heterocycles. The first-order valence-electron chi connectivity index (χ1n) is 17.2. The molecule has 0 rings (SSSR count). The summed E-state index contributed by atoms with van der Waals surface area (Å²) in [6, 6.07) is -0.619. The summed E-state index contributed by atoms with van der Waals surface area (Å²) in [5, 5.41) is 22.7. The number of amides is 1. The zero-order valence-corrected chi connectivity index (χ0v) is 26.6. The molecule has 0 aromatic rings. The van der Waals surface area contributed by atoms with E-state index in [0.29, 0.717) is 6.42 Å². The van der Waals surface area contributed by atoms with Crippen LogP contribution in [0.2, 0.25) is 0 Å². The number of carbonyl (C=O) groups excluding carboxylic acids is 1. The van der Waals surface area contributed by atoms with Crippen molar-refractivity contribution in [2.75, 3.05) is 6.61 Å². The van der Waals surface area contributed by atoms with Crippen LogP contribution in [-0.4, -0.2) is 34.9 Å². The molecule has 40 heavy (non-hydrogen) atoms. The molecule has 0 saturated carbocycles. The maximum atomic E-state index is 12.3. The minimum Gasteiger partial charge on any atom is -0.394 e. The Morgan fingerprint density at radius 2 is 1.00 bits per heavy atom. The van der Waals surface area contributed by atoms with Crippen molar-refractivity contribution < 1.29 is 15.0 Å². The van der Waals surface area contributed by atoms with Crippen molar-refractivity contribution in [2.24, 2.45) is 0 Å². The largest absolute Gasteiger partial charge is 0.394 e. The number of hydrogen-bond acceptors (Lipinski definition) is 3. The van der Waals surface area contributed by atoms with Crippen molar-refractivity contribution in [3.63, 3.8) is 0 Å². The number of allylic oxidation sites excluding steroid dienone is 5. The van der Waals surface area contributed by atoms with Gasteiger partial charge in [-0.2, -0.15) is 0 Å². The molecular formula is C36H67NO3. The second-order valence-corrected chi connectivity index (χ2v) is 11.6. The Morgan fingerprint density at radius 1 is 0.600 bits per heavy atom. The lowest BCUT2D eigenvalue weighted by Gasteiger charge is -2.20. The summed E-state index contributed by atoms with van der Waals surface area (Å²) < 4.78 is 0. The smallest absolute Gasteiger partial charge is 0.220 e. The summed E-state index contributed by atoms with van der Waals surface area (Å²) in [6.45, 7) is 4.23. The third-order valence-corrected chi connectivity index (χ3v) is 7.65. The summed E-state index contributed by atoms with van der Waals surface area (Å²) in [5.74, 6) is -0.0728. The summed E-state index contributed by atoms with van der Waals surface area (Å²) in [6.07, 6.45) is 40.8. The Kier molecular flexibility index (Phi) is 31.0. The Morgan fingerprint density at radius 3 is 1.50 bits per heavy atom. The van der Waals surface area contributed by atoms with Gasteiger partial charge >= 0.3 is 0 Å². The van der Waals surface area contributed by atoms with Gasteiger partial charge in [0.2, 0.25) is 5.91 Å². The second-order valence-electron chi connectivity index (χ2n) is 11.6. The van der Waals surface area contributed by atoms with Crippen LogP contribution in [0.1, 0.15) is 168 Å². The van der Waals surface area contributed by atoms with Gasteiger partial charge in [-0.3, -0.25) is 4.79 Å². The number of hydrogen-bond donors (Lipinski definition) is 3. The molecule has 0 aliphatic carbocycles. The molecule has 2 atom stereocenters. The minimum absolute atomic E-state index is 0.0728. The van der Waals surface area contributed by atoms with Crippen LogP contribution >= 0.6 is 0 Å². The molecule has 0 bridgehead atoms. The predicted molar refractivity (Wildman–Crippen MR) is 175 cm³/mol. The fourth-order valence-electron chi connectivity index (χ4n) is 4.93. The maximum absolute atomic E-state index is 12.3. The van der Waals surface area contributed by atoms with Gasteiger partial charge in [0.25, 0.3) is 0 Å². The van der Waals surface area contributed by atoms with E-state index in [2.05, 4.69) is 43.5 Å². The Hall–Kier alpha value is -1.39. The average Bonchev–Trinajstić information content (AvgIpc) is 2.96. The molecule has 0 saturated heterocycles. The molecule has 4 nitrogen and oxygen atoms in total. The Bertz CT molecular complexity index is 613. The van der Waals surface area contributed by atoms with E-state index in [1.54, 1.807) is 6.08 Å². The summed E-state index contributed by atoms with van der Waals surface area (Å²) in [5.41, 5.74) is 0. The van der Waals surface area contributed by atoms with Crippen LogP contribution in [-0.2, 0) is 4.79 Å².